The highest BCUT2D eigenvalue weighted by Crippen LogP contribution is 2.41. The van der Waals surface area contributed by atoms with Gasteiger partial charge in [0.1, 0.15) is 0 Å². The summed E-state index contributed by atoms with van der Waals surface area (Å²) in [5.74, 6) is 1.53. The molecule has 1 unspecified atom stereocenters. The van der Waals surface area contributed by atoms with E-state index in [1.54, 1.807) is 22.2 Å². The maximum absolute atomic E-state index is 13.9. The van der Waals surface area contributed by atoms with Gasteiger partial charge in [-0.3, -0.25) is 4.79 Å². The molecule has 1 saturated heterocycles. The molecular weight excluding hydrogens is 420 g/mol. The number of rotatable bonds is 4. The summed E-state index contributed by atoms with van der Waals surface area (Å²) in [4.78, 5) is 29.8. The average Bonchev–Trinajstić information content (AvgIpc) is 3.44. The normalized spacial score (nSPS) is 18.9. The molecule has 1 saturated carbocycles. The van der Waals surface area contributed by atoms with E-state index in [1.165, 1.54) is 0 Å². The fraction of sp³-hybridized carbons (Fsp3) is 0.375. The van der Waals surface area contributed by atoms with Crippen molar-refractivity contribution in [3.8, 4) is 5.82 Å². The largest absolute Gasteiger partial charge is 0.338 e. The van der Waals surface area contributed by atoms with Crippen molar-refractivity contribution < 1.29 is 4.79 Å². The van der Waals surface area contributed by atoms with Gasteiger partial charge in [-0.1, -0.05) is 6.07 Å². The molecule has 2 fully saturated rings. The highest BCUT2D eigenvalue weighted by atomic mass is 32.1. The van der Waals surface area contributed by atoms with Crippen LogP contribution >= 0.6 is 11.3 Å². The number of likely N-dealkylation sites (tertiary alicyclic amines) is 1. The van der Waals surface area contributed by atoms with Gasteiger partial charge in [-0.25, -0.2) is 15.0 Å². The molecule has 0 radical (unpaired) electrons. The summed E-state index contributed by atoms with van der Waals surface area (Å²) in [6, 6.07) is 7.76. The fourth-order valence-corrected chi connectivity index (χ4v) is 5.44. The van der Waals surface area contributed by atoms with Crippen LogP contribution in [0.5, 0.6) is 0 Å². The molecule has 1 atom stereocenters. The van der Waals surface area contributed by atoms with Crippen LogP contribution in [0.2, 0.25) is 0 Å². The lowest BCUT2D eigenvalue weighted by Crippen LogP contribution is -2.39. The first-order valence-corrected chi connectivity index (χ1v) is 12.1. The second-order valence-electron chi connectivity index (χ2n) is 8.71. The molecule has 5 heterocycles. The highest BCUT2D eigenvalue weighted by Gasteiger charge is 2.32. The van der Waals surface area contributed by atoms with E-state index in [9.17, 15) is 4.79 Å². The molecule has 162 valence electrons. The first-order chi connectivity index (χ1) is 15.7. The minimum atomic E-state index is 0.0734. The number of carbonyl (C=O) groups excluding carboxylic acids is 1. The summed E-state index contributed by atoms with van der Waals surface area (Å²) in [7, 11) is 0. The Labute approximate surface area is 190 Å². The monoisotopic (exact) mass is 444 g/mol. The number of piperidine rings is 1. The Kier molecular flexibility index (Phi) is 4.75. The van der Waals surface area contributed by atoms with Gasteiger partial charge in [-0.05, 0) is 50.8 Å². The molecule has 1 aliphatic heterocycles. The highest BCUT2D eigenvalue weighted by molar-refractivity contribution is 7.09. The molecule has 0 aromatic carbocycles. The number of fused-ring (bicyclic) bond motifs is 1. The Morgan fingerprint density at radius 3 is 2.78 bits per heavy atom. The van der Waals surface area contributed by atoms with Crippen molar-refractivity contribution in [3.63, 3.8) is 0 Å². The van der Waals surface area contributed by atoms with Crippen LogP contribution < -0.4 is 0 Å². The molecule has 4 aromatic heterocycles. The van der Waals surface area contributed by atoms with Crippen LogP contribution in [-0.2, 0) is 0 Å². The zero-order valence-corrected chi connectivity index (χ0v) is 18.8. The molecule has 1 aliphatic carbocycles. The topological polar surface area (TPSA) is 76.8 Å². The van der Waals surface area contributed by atoms with Gasteiger partial charge in [0.2, 0.25) is 0 Å². The molecule has 2 aliphatic rings. The van der Waals surface area contributed by atoms with Gasteiger partial charge in [0.25, 0.3) is 5.91 Å². The molecular formula is C24H24N6OS. The summed E-state index contributed by atoms with van der Waals surface area (Å²) in [5.41, 5.74) is 3.24. The number of carbonyl (C=O) groups is 1. The third-order valence-electron chi connectivity index (χ3n) is 6.43. The summed E-state index contributed by atoms with van der Waals surface area (Å²) in [6.07, 6.45) is 7.92. The summed E-state index contributed by atoms with van der Waals surface area (Å²) in [5, 5.41) is 8.71. The lowest BCUT2D eigenvalue weighted by atomic mass is 9.97. The number of aryl methyl sites for hydroxylation is 1. The van der Waals surface area contributed by atoms with Gasteiger partial charge in [0.15, 0.2) is 11.5 Å². The number of aromatic nitrogens is 5. The van der Waals surface area contributed by atoms with Crippen LogP contribution in [-0.4, -0.2) is 48.6 Å². The number of amides is 1. The molecule has 0 spiro atoms. The van der Waals surface area contributed by atoms with E-state index in [-0.39, 0.29) is 5.91 Å². The van der Waals surface area contributed by atoms with E-state index in [1.807, 2.05) is 47.7 Å². The zero-order chi connectivity index (χ0) is 21.7. The van der Waals surface area contributed by atoms with Gasteiger partial charge in [-0.15, -0.1) is 11.3 Å². The van der Waals surface area contributed by atoms with E-state index in [4.69, 9.17) is 10.1 Å². The minimum Gasteiger partial charge on any atom is -0.338 e. The van der Waals surface area contributed by atoms with Gasteiger partial charge < -0.3 is 4.90 Å². The quantitative estimate of drug-likeness (QED) is 0.464. The third-order valence-corrected chi connectivity index (χ3v) is 7.37. The van der Waals surface area contributed by atoms with E-state index < -0.39 is 0 Å². The SMILES string of the molecule is Cc1nn(-c2ccccn2)c2nc(C3CC3)cc(C(=O)N3CCCC(c4nccs4)C3)c12. The Balaban J connectivity index is 1.44. The van der Waals surface area contributed by atoms with Gasteiger partial charge in [0, 0.05) is 48.4 Å². The van der Waals surface area contributed by atoms with Crippen molar-refractivity contribution in [1.82, 2.24) is 29.6 Å². The lowest BCUT2D eigenvalue weighted by molar-refractivity contribution is 0.0709. The molecule has 6 rings (SSSR count). The molecule has 1 amide bonds. The molecule has 0 bridgehead atoms. The Morgan fingerprint density at radius 1 is 1.12 bits per heavy atom. The zero-order valence-electron chi connectivity index (χ0n) is 17.9. The van der Waals surface area contributed by atoms with Crippen molar-refractivity contribution in [2.24, 2.45) is 0 Å². The Hall–Kier alpha value is -3.13. The van der Waals surface area contributed by atoms with Crippen LogP contribution in [0, 0.1) is 6.92 Å². The molecule has 0 N–H and O–H groups in total. The first kappa shape index (κ1) is 19.5. The van der Waals surface area contributed by atoms with Crippen molar-refractivity contribution in [2.45, 2.75) is 44.4 Å². The standard InChI is InChI=1S/C24H24N6OS/c1-15-21-18(24(31)29-11-4-5-17(14-29)23-26-10-12-32-23)13-19(16-7-8-16)27-22(21)30(28-15)20-6-2-3-9-25-20/h2-3,6,9-10,12-13,16-17H,4-5,7-8,11,14H2,1H3. The van der Waals surface area contributed by atoms with E-state index >= 15 is 0 Å². The van der Waals surface area contributed by atoms with Gasteiger partial charge >= 0.3 is 0 Å². The number of hydrogen-bond acceptors (Lipinski definition) is 6. The van der Waals surface area contributed by atoms with E-state index in [2.05, 4.69) is 9.97 Å². The number of nitrogens with zero attached hydrogens (tertiary/aromatic N) is 6. The van der Waals surface area contributed by atoms with Crippen molar-refractivity contribution in [1.29, 1.82) is 0 Å². The van der Waals surface area contributed by atoms with Crippen LogP contribution in [0.15, 0.2) is 42.0 Å². The van der Waals surface area contributed by atoms with E-state index in [0.29, 0.717) is 24.2 Å². The summed E-state index contributed by atoms with van der Waals surface area (Å²) < 4.78 is 1.78. The van der Waals surface area contributed by atoms with Crippen molar-refractivity contribution in [3.05, 3.63) is 64.0 Å². The lowest BCUT2D eigenvalue weighted by Gasteiger charge is -2.32. The van der Waals surface area contributed by atoms with Crippen molar-refractivity contribution in [2.75, 3.05) is 13.1 Å². The maximum Gasteiger partial charge on any atom is 0.254 e. The average molecular weight is 445 g/mol. The van der Waals surface area contributed by atoms with Gasteiger partial charge in [0.05, 0.1) is 21.7 Å². The second-order valence-corrected chi connectivity index (χ2v) is 9.64. The van der Waals surface area contributed by atoms with Crippen LogP contribution in [0.4, 0.5) is 0 Å². The van der Waals surface area contributed by atoms with Gasteiger partial charge in [-0.2, -0.15) is 9.78 Å². The first-order valence-electron chi connectivity index (χ1n) is 11.2. The second kappa shape index (κ2) is 7.78. The number of thiazole rings is 1. The van der Waals surface area contributed by atoms with Crippen LogP contribution in [0.3, 0.4) is 0 Å². The van der Waals surface area contributed by atoms with Crippen LogP contribution in [0.25, 0.3) is 16.9 Å². The summed E-state index contributed by atoms with van der Waals surface area (Å²) in [6.45, 7) is 3.44. The fourth-order valence-electron chi connectivity index (χ4n) is 4.67. The van der Waals surface area contributed by atoms with Crippen LogP contribution in [0.1, 0.15) is 64.3 Å². The number of hydrogen-bond donors (Lipinski definition) is 0. The molecule has 4 aromatic rings. The molecule has 7 nitrogen and oxygen atoms in total. The van der Waals surface area contributed by atoms with E-state index in [0.717, 1.165) is 65.2 Å². The third kappa shape index (κ3) is 3.39. The molecule has 8 heteroatoms. The predicted molar refractivity (Wildman–Crippen MR) is 123 cm³/mol. The smallest absolute Gasteiger partial charge is 0.254 e. The predicted octanol–water partition coefficient (Wildman–Crippen LogP) is 4.48. The number of pyridine rings is 2. The molecule has 32 heavy (non-hydrogen) atoms. The maximum atomic E-state index is 13.9. The minimum absolute atomic E-state index is 0.0734. The van der Waals surface area contributed by atoms with Crippen molar-refractivity contribution >= 4 is 28.3 Å². The Bertz CT molecular complexity index is 1280. The Morgan fingerprint density at radius 2 is 2.03 bits per heavy atom. The summed E-state index contributed by atoms with van der Waals surface area (Å²) >= 11 is 1.68.